The summed E-state index contributed by atoms with van der Waals surface area (Å²) in [4.78, 5) is 25.2. The molecule has 2 saturated heterocycles. The molecule has 3 N–H and O–H groups in total. The number of aliphatic imine (C=N–C) groups is 2. The monoisotopic (exact) mass is 395 g/mol. The SMILES string of the molecule is C=Nc1c(N2C[C@@H](C)C[C@@H](NC(=O)CN3CC(N)C3)C2)ccc(C#N)c1/N=C\C. The number of anilines is 1. The number of rotatable bonds is 6. The standard InChI is InChI=1S/C21H29N7O/c1-4-25-20-15(8-22)5-6-18(21(20)24-3)28-9-14(2)7-17(12-28)26-19(29)13-27-10-16(23)11-27/h4-6,14,16-17H,3,7,9-13,23H2,1-2H3,(H,26,29)/b25-4-/t14-,17+/m0/s1. The Bertz CT molecular complexity index is 838. The lowest BCUT2D eigenvalue weighted by Crippen LogP contribution is -2.59. The highest BCUT2D eigenvalue weighted by molar-refractivity contribution is 5.86. The molecular weight excluding hydrogens is 366 g/mol. The van der Waals surface area contributed by atoms with E-state index >= 15 is 0 Å². The van der Waals surface area contributed by atoms with E-state index in [2.05, 4.69) is 44.8 Å². The molecule has 0 aromatic heterocycles. The third kappa shape index (κ3) is 4.81. The van der Waals surface area contributed by atoms with Crippen molar-refractivity contribution in [3.63, 3.8) is 0 Å². The second kappa shape index (κ2) is 9.16. The van der Waals surface area contributed by atoms with E-state index in [0.717, 1.165) is 31.7 Å². The number of hydrogen-bond acceptors (Lipinski definition) is 7. The minimum atomic E-state index is 0.0362. The third-order valence-corrected chi connectivity index (χ3v) is 5.38. The highest BCUT2D eigenvalue weighted by Crippen LogP contribution is 2.41. The van der Waals surface area contributed by atoms with Gasteiger partial charge >= 0.3 is 0 Å². The zero-order valence-electron chi connectivity index (χ0n) is 17.1. The van der Waals surface area contributed by atoms with Gasteiger partial charge in [-0.2, -0.15) is 5.26 Å². The van der Waals surface area contributed by atoms with Crippen LogP contribution in [0.2, 0.25) is 0 Å². The molecule has 2 fully saturated rings. The van der Waals surface area contributed by atoms with Crippen molar-refractivity contribution in [1.29, 1.82) is 5.26 Å². The van der Waals surface area contributed by atoms with E-state index in [1.165, 1.54) is 0 Å². The van der Waals surface area contributed by atoms with Gasteiger partial charge in [-0.05, 0) is 38.1 Å². The van der Waals surface area contributed by atoms with Gasteiger partial charge in [0.2, 0.25) is 5.91 Å². The molecule has 1 aromatic carbocycles. The quantitative estimate of drug-likeness (QED) is 0.711. The number of hydrogen-bond donors (Lipinski definition) is 2. The fraction of sp³-hybridized carbons (Fsp3) is 0.524. The van der Waals surface area contributed by atoms with Crippen LogP contribution in [0, 0.1) is 17.2 Å². The maximum Gasteiger partial charge on any atom is 0.234 e. The van der Waals surface area contributed by atoms with Gasteiger partial charge in [-0.15, -0.1) is 0 Å². The first-order valence-electron chi connectivity index (χ1n) is 9.99. The summed E-state index contributed by atoms with van der Waals surface area (Å²) in [5, 5.41) is 12.6. The van der Waals surface area contributed by atoms with Gasteiger partial charge in [0.05, 0.1) is 17.8 Å². The Kier molecular flexibility index (Phi) is 6.62. The summed E-state index contributed by atoms with van der Waals surface area (Å²) in [5.41, 5.74) is 8.29. The predicted molar refractivity (Wildman–Crippen MR) is 117 cm³/mol. The van der Waals surface area contributed by atoms with Crippen molar-refractivity contribution in [2.45, 2.75) is 32.4 Å². The number of piperidine rings is 1. The number of nitriles is 1. The summed E-state index contributed by atoms with van der Waals surface area (Å²) in [6.07, 6.45) is 2.58. The highest BCUT2D eigenvalue weighted by atomic mass is 16.2. The maximum absolute atomic E-state index is 12.4. The van der Waals surface area contributed by atoms with Gasteiger partial charge < -0.3 is 16.0 Å². The number of amides is 1. The first kappa shape index (κ1) is 21.0. The normalized spacial score (nSPS) is 22.9. The molecule has 3 rings (SSSR count). The van der Waals surface area contributed by atoms with E-state index in [1.807, 2.05) is 6.07 Å². The topological polar surface area (TPSA) is 110 Å². The fourth-order valence-corrected chi connectivity index (χ4v) is 4.20. The van der Waals surface area contributed by atoms with E-state index in [9.17, 15) is 10.1 Å². The molecule has 0 bridgehead atoms. The van der Waals surface area contributed by atoms with Crippen LogP contribution in [0.3, 0.4) is 0 Å². The van der Waals surface area contributed by atoms with Crippen LogP contribution in [0.1, 0.15) is 25.8 Å². The zero-order chi connectivity index (χ0) is 21.0. The lowest BCUT2D eigenvalue weighted by Gasteiger charge is -2.40. The lowest BCUT2D eigenvalue weighted by atomic mass is 9.94. The van der Waals surface area contributed by atoms with Gasteiger partial charge in [-0.1, -0.05) is 6.92 Å². The summed E-state index contributed by atoms with van der Waals surface area (Å²) in [7, 11) is 0. The number of nitrogens with one attached hydrogen (secondary N) is 1. The molecule has 2 aliphatic rings. The van der Waals surface area contributed by atoms with Gasteiger partial charge in [0.1, 0.15) is 17.4 Å². The Hall–Kier alpha value is -2.76. The average Bonchev–Trinajstić information content (AvgIpc) is 2.66. The van der Waals surface area contributed by atoms with Gasteiger partial charge in [-0.3, -0.25) is 19.7 Å². The van der Waals surface area contributed by atoms with Crippen LogP contribution >= 0.6 is 0 Å². The van der Waals surface area contributed by atoms with Crippen LogP contribution < -0.4 is 16.0 Å². The molecule has 2 aliphatic heterocycles. The Balaban J connectivity index is 1.76. The zero-order valence-corrected chi connectivity index (χ0v) is 17.1. The van der Waals surface area contributed by atoms with E-state index in [4.69, 9.17) is 5.73 Å². The summed E-state index contributed by atoms with van der Waals surface area (Å²) < 4.78 is 0. The summed E-state index contributed by atoms with van der Waals surface area (Å²) in [6.45, 7) is 11.2. The van der Waals surface area contributed by atoms with Crippen molar-refractivity contribution >= 4 is 35.9 Å². The first-order chi connectivity index (χ1) is 13.9. The van der Waals surface area contributed by atoms with E-state index in [-0.39, 0.29) is 18.0 Å². The maximum atomic E-state index is 12.4. The van der Waals surface area contributed by atoms with E-state index in [1.54, 1.807) is 19.2 Å². The average molecular weight is 396 g/mol. The van der Waals surface area contributed by atoms with Crippen molar-refractivity contribution in [1.82, 2.24) is 10.2 Å². The number of nitrogens with two attached hydrogens (primary N) is 1. The molecule has 0 saturated carbocycles. The minimum absolute atomic E-state index is 0.0362. The van der Waals surface area contributed by atoms with Crippen LogP contribution in [0.15, 0.2) is 22.1 Å². The van der Waals surface area contributed by atoms with Gasteiger partial charge in [0.15, 0.2) is 0 Å². The van der Waals surface area contributed by atoms with Crippen molar-refractivity contribution in [3.8, 4) is 6.07 Å². The molecule has 1 aromatic rings. The molecule has 8 heteroatoms. The fourth-order valence-electron chi connectivity index (χ4n) is 4.20. The van der Waals surface area contributed by atoms with Crippen LogP contribution in [-0.4, -0.2) is 68.5 Å². The van der Waals surface area contributed by atoms with Crippen LogP contribution in [0.5, 0.6) is 0 Å². The van der Waals surface area contributed by atoms with Crippen molar-refractivity contribution in [2.75, 3.05) is 37.6 Å². The molecular formula is C21H29N7O. The largest absolute Gasteiger partial charge is 0.367 e. The molecule has 154 valence electrons. The third-order valence-electron chi connectivity index (χ3n) is 5.38. The van der Waals surface area contributed by atoms with Crippen LogP contribution in [0.4, 0.5) is 17.1 Å². The number of carbonyl (C=O) groups is 1. The van der Waals surface area contributed by atoms with Crippen molar-refractivity contribution in [3.05, 3.63) is 17.7 Å². The molecule has 0 unspecified atom stereocenters. The lowest BCUT2D eigenvalue weighted by molar-refractivity contribution is -0.124. The molecule has 0 aliphatic carbocycles. The number of carbonyl (C=O) groups excluding carboxylic acids is 1. The summed E-state index contributed by atoms with van der Waals surface area (Å²) >= 11 is 0. The highest BCUT2D eigenvalue weighted by Gasteiger charge is 2.30. The van der Waals surface area contributed by atoms with Gasteiger partial charge in [-0.25, -0.2) is 0 Å². The van der Waals surface area contributed by atoms with Crippen molar-refractivity contribution in [2.24, 2.45) is 21.6 Å². The molecule has 2 atom stereocenters. The predicted octanol–water partition coefficient (Wildman–Crippen LogP) is 1.59. The second-order valence-corrected chi connectivity index (χ2v) is 7.95. The second-order valence-electron chi connectivity index (χ2n) is 7.95. The molecule has 1 amide bonds. The number of likely N-dealkylation sites (tertiary alicyclic amines) is 1. The van der Waals surface area contributed by atoms with Crippen molar-refractivity contribution < 1.29 is 4.79 Å². The number of benzene rings is 1. The van der Waals surface area contributed by atoms with Crippen LogP contribution in [-0.2, 0) is 4.79 Å². The molecule has 29 heavy (non-hydrogen) atoms. The molecule has 0 radical (unpaired) electrons. The number of nitrogens with zero attached hydrogens (tertiary/aromatic N) is 5. The minimum Gasteiger partial charge on any atom is -0.367 e. The summed E-state index contributed by atoms with van der Waals surface area (Å²) in [5.74, 6) is 0.437. The summed E-state index contributed by atoms with van der Waals surface area (Å²) in [6, 6.07) is 6.08. The molecule has 2 heterocycles. The van der Waals surface area contributed by atoms with E-state index < -0.39 is 0 Å². The van der Waals surface area contributed by atoms with Gasteiger partial charge in [0.25, 0.3) is 0 Å². The Morgan fingerprint density at radius 1 is 1.38 bits per heavy atom. The first-order valence-corrected chi connectivity index (χ1v) is 9.99. The van der Waals surface area contributed by atoms with Crippen LogP contribution in [0.25, 0.3) is 0 Å². The Morgan fingerprint density at radius 2 is 2.14 bits per heavy atom. The Morgan fingerprint density at radius 3 is 2.76 bits per heavy atom. The molecule has 8 nitrogen and oxygen atoms in total. The smallest absolute Gasteiger partial charge is 0.234 e. The Labute approximate surface area is 172 Å². The van der Waals surface area contributed by atoms with E-state index in [0.29, 0.717) is 35.9 Å². The molecule has 0 spiro atoms. The van der Waals surface area contributed by atoms with Gasteiger partial charge in [0, 0.05) is 44.5 Å².